The van der Waals surface area contributed by atoms with Crippen LogP contribution in [0.1, 0.15) is 52.9 Å². The molecule has 0 aliphatic carbocycles. The normalized spacial score (nSPS) is 18.4. The van der Waals surface area contributed by atoms with Gasteiger partial charge in [-0.1, -0.05) is 13.3 Å². The summed E-state index contributed by atoms with van der Waals surface area (Å²) in [6, 6.07) is -0.724. The minimum Gasteiger partial charge on any atom is -0.465 e. The summed E-state index contributed by atoms with van der Waals surface area (Å²) in [6.07, 6.45) is 4.92. The van der Waals surface area contributed by atoms with Gasteiger partial charge in [-0.05, 0) is 39.5 Å². The number of carbonyl (C=O) groups excluding carboxylic acids is 2. The molecule has 20 heavy (non-hydrogen) atoms. The lowest BCUT2D eigenvalue weighted by Gasteiger charge is -2.30. The van der Waals surface area contributed by atoms with Gasteiger partial charge >= 0.3 is 5.97 Å². The van der Waals surface area contributed by atoms with Crippen molar-refractivity contribution in [3.8, 4) is 0 Å². The van der Waals surface area contributed by atoms with Crippen LogP contribution in [0.15, 0.2) is 0 Å². The Bertz CT molecular complexity index is 314. The zero-order valence-corrected chi connectivity index (χ0v) is 13.0. The molecule has 2 unspecified atom stereocenters. The smallest absolute Gasteiger partial charge is 0.323 e. The topological polar surface area (TPSA) is 58.6 Å². The van der Waals surface area contributed by atoms with E-state index in [0.29, 0.717) is 13.0 Å². The number of nitrogens with one attached hydrogen (secondary N) is 1. The highest BCUT2D eigenvalue weighted by molar-refractivity contribution is 5.83. The van der Waals surface area contributed by atoms with Crippen molar-refractivity contribution in [3.63, 3.8) is 0 Å². The minimum absolute atomic E-state index is 0.0927. The molecular weight excluding hydrogens is 256 g/mol. The minimum atomic E-state index is -0.385. The molecule has 1 N–H and O–H groups in total. The third-order valence-corrected chi connectivity index (χ3v) is 3.64. The standard InChI is InChI=1S/C15H28N2O3/c1-4-9-13(15(19)20-5-2)16-12(3)14(18)17-10-7-6-8-11-17/h12-13,16H,4-11H2,1-3H3. The first-order valence-electron chi connectivity index (χ1n) is 7.81. The van der Waals surface area contributed by atoms with Gasteiger partial charge in [0.05, 0.1) is 12.6 Å². The third-order valence-electron chi connectivity index (χ3n) is 3.64. The highest BCUT2D eigenvalue weighted by Gasteiger charge is 2.27. The van der Waals surface area contributed by atoms with Crippen LogP contribution >= 0.6 is 0 Å². The fourth-order valence-corrected chi connectivity index (χ4v) is 2.56. The molecule has 0 aromatic carbocycles. The summed E-state index contributed by atoms with van der Waals surface area (Å²) in [5, 5.41) is 3.13. The molecule has 2 atom stereocenters. The molecule has 5 heteroatoms. The van der Waals surface area contributed by atoms with Crippen LogP contribution in [0.3, 0.4) is 0 Å². The van der Waals surface area contributed by atoms with Gasteiger partial charge < -0.3 is 9.64 Å². The van der Waals surface area contributed by atoms with Gasteiger partial charge in [0.1, 0.15) is 6.04 Å². The zero-order valence-electron chi connectivity index (χ0n) is 13.0. The van der Waals surface area contributed by atoms with E-state index in [1.807, 2.05) is 18.7 Å². The average Bonchev–Trinajstić information content (AvgIpc) is 2.47. The van der Waals surface area contributed by atoms with E-state index >= 15 is 0 Å². The molecule has 1 saturated heterocycles. The molecule has 1 rings (SSSR count). The van der Waals surface area contributed by atoms with E-state index < -0.39 is 0 Å². The molecule has 1 aliphatic rings. The molecule has 0 aromatic rings. The number of ether oxygens (including phenoxy) is 1. The van der Waals surface area contributed by atoms with Crippen LogP contribution in [-0.2, 0) is 14.3 Å². The van der Waals surface area contributed by atoms with Crippen LogP contribution in [-0.4, -0.2) is 48.6 Å². The SMILES string of the molecule is CCCC(NC(C)C(=O)N1CCCCC1)C(=O)OCC. The quantitative estimate of drug-likeness (QED) is 0.723. The summed E-state index contributed by atoms with van der Waals surface area (Å²) >= 11 is 0. The van der Waals surface area contributed by atoms with Gasteiger partial charge in [-0.2, -0.15) is 0 Å². The maximum Gasteiger partial charge on any atom is 0.323 e. The Morgan fingerprint density at radius 3 is 2.40 bits per heavy atom. The maximum atomic E-state index is 12.3. The van der Waals surface area contributed by atoms with E-state index in [1.54, 1.807) is 6.92 Å². The zero-order chi connectivity index (χ0) is 15.0. The van der Waals surface area contributed by atoms with Gasteiger partial charge in [-0.3, -0.25) is 14.9 Å². The number of likely N-dealkylation sites (tertiary alicyclic amines) is 1. The van der Waals surface area contributed by atoms with Gasteiger partial charge in [-0.25, -0.2) is 0 Å². The maximum absolute atomic E-state index is 12.3. The molecule has 0 spiro atoms. The number of piperidine rings is 1. The Morgan fingerprint density at radius 1 is 1.20 bits per heavy atom. The van der Waals surface area contributed by atoms with Crippen LogP contribution in [0.5, 0.6) is 0 Å². The molecule has 1 heterocycles. The fraction of sp³-hybridized carbons (Fsp3) is 0.867. The molecule has 1 aliphatic heterocycles. The van der Waals surface area contributed by atoms with Crippen LogP contribution in [0, 0.1) is 0 Å². The predicted molar refractivity (Wildman–Crippen MR) is 78.4 cm³/mol. The van der Waals surface area contributed by atoms with Crippen molar-refractivity contribution in [2.75, 3.05) is 19.7 Å². The number of hydrogen-bond acceptors (Lipinski definition) is 4. The summed E-state index contributed by atoms with van der Waals surface area (Å²) in [5.74, 6) is -0.164. The van der Waals surface area contributed by atoms with E-state index in [0.717, 1.165) is 32.4 Å². The molecule has 0 saturated carbocycles. The van der Waals surface area contributed by atoms with Gasteiger partial charge in [-0.15, -0.1) is 0 Å². The van der Waals surface area contributed by atoms with Crippen LogP contribution < -0.4 is 5.32 Å². The Kier molecular flexibility index (Phi) is 7.59. The first-order chi connectivity index (χ1) is 9.60. The average molecular weight is 284 g/mol. The second kappa shape index (κ2) is 8.95. The van der Waals surface area contributed by atoms with Crippen molar-refractivity contribution in [1.29, 1.82) is 0 Å². The Labute approximate surface area is 122 Å². The third kappa shape index (κ3) is 5.12. The number of rotatable bonds is 7. The van der Waals surface area contributed by atoms with Crippen molar-refractivity contribution in [2.24, 2.45) is 0 Å². The number of hydrogen-bond donors (Lipinski definition) is 1. The molecule has 1 fully saturated rings. The van der Waals surface area contributed by atoms with E-state index in [4.69, 9.17) is 4.74 Å². The molecular formula is C15H28N2O3. The number of esters is 1. The van der Waals surface area contributed by atoms with Crippen molar-refractivity contribution in [3.05, 3.63) is 0 Å². The first-order valence-corrected chi connectivity index (χ1v) is 7.81. The van der Waals surface area contributed by atoms with Crippen molar-refractivity contribution >= 4 is 11.9 Å². The monoisotopic (exact) mass is 284 g/mol. The summed E-state index contributed by atoms with van der Waals surface area (Å²) in [6.45, 7) is 7.69. The highest BCUT2D eigenvalue weighted by atomic mass is 16.5. The van der Waals surface area contributed by atoms with Crippen molar-refractivity contribution in [1.82, 2.24) is 10.2 Å². The summed E-state index contributed by atoms with van der Waals surface area (Å²) < 4.78 is 5.06. The van der Waals surface area contributed by atoms with Gasteiger partial charge in [0.15, 0.2) is 0 Å². The lowest BCUT2D eigenvalue weighted by atomic mass is 10.1. The van der Waals surface area contributed by atoms with Crippen molar-refractivity contribution < 1.29 is 14.3 Å². The number of nitrogens with zero attached hydrogens (tertiary/aromatic N) is 1. The molecule has 5 nitrogen and oxygen atoms in total. The number of carbonyl (C=O) groups is 2. The molecule has 116 valence electrons. The molecule has 0 radical (unpaired) electrons. The predicted octanol–water partition coefficient (Wildman–Crippen LogP) is 1.71. The van der Waals surface area contributed by atoms with Gasteiger partial charge in [0, 0.05) is 13.1 Å². The van der Waals surface area contributed by atoms with E-state index in [9.17, 15) is 9.59 Å². The van der Waals surface area contributed by atoms with Crippen LogP contribution in [0.4, 0.5) is 0 Å². The Hall–Kier alpha value is -1.10. The van der Waals surface area contributed by atoms with Crippen LogP contribution in [0.25, 0.3) is 0 Å². The fourth-order valence-electron chi connectivity index (χ4n) is 2.56. The Balaban J connectivity index is 2.52. The van der Waals surface area contributed by atoms with E-state index in [1.165, 1.54) is 6.42 Å². The van der Waals surface area contributed by atoms with Crippen LogP contribution in [0.2, 0.25) is 0 Å². The Morgan fingerprint density at radius 2 is 1.85 bits per heavy atom. The van der Waals surface area contributed by atoms with E-state index in [2.05, 4.69) is 5.32 Å². The van der Waals surface area contributed by atoms with Crippen molar-refractivity contribution in [2.45, 2.75) is 65.0 Å². The number of amides is 1. The molecule has 0 bridgehead atoms. The highest BCUT2D eigenvalue weighted by Crippen LogP contribution is 2.11. The summed E-state index contributed by atoms with van der Waals surface area (Å²) in [4.78, 5) is 26.1. The lowest BCUT2D eigenvalue weighted by Crippen LogP contribution is -2.52. The van der Waals surface area contributed by atoms with E-state index in [-0.39, 0.29) is 24.0 Å². The van der Waals surface area contributed by atoms with Gasteiger partial charge in [0.2, 0.25) is 5.91 Å². The largest absolute Gasteiger partial charge is 0.465 e. The molecule has 0 aromatic heterocycles. The second-order valence-electron chi connectivity index (χ2n) is 5.37. The molecule has 1 amide bonds. The lowest BCUT2D eigenvalue weighted by molar-refractivity contribution is -0.146. The second-order valence-corrected chi connectivity index (χ2v) is 5.37. The first kappa shape index (κ1) is 17.0. The summed E-state index contributed by atoms with van der Waals surface area (Å²) in [5.41, 5.74) is 0. The van der Waals surface area contributed by atoms with Gasteiger partial charge in [0.25, 0.3) is 0 Å². The summed E-state index contributed by atoms with van der Waals surface area (Å²) in [7, 11) is 0.